The van der Waals surface area contributed by atoms with Crippen molar-refractivity contribution in [2.45, 2.75) is 37.9 Å². The van der Waals surface area contributed by atoms with Crippen LogP contribution in [0.2, 0.25) is 0 Å². The first-order valence-electron chi connectivity index (χ1n) is 8.54. The summed E-state index contributed by atoms with van der Waals surface area (Å²) in [6.07, 6.45) is 6.79. The molecule has 1 aromatic rings. The van der Waals surface area contributed by atoms with E-state index in [1.54, 1.807) is 0 Å². The van der Waals surface area contributed by atoms with Crippen LogP contribution in [0, 0.1) is 0 Å². The summed E-state index contributed by atoms with van der Waals surface area (Å²) >= 11 is 1.51. The van der Waals surface area contributed by atoms with E-state index in [2.05, 4.69) is 15.5 Å². The summed E-state index contributed by atoms with van der Waals surface area (Å²) in [5.74, 6) is 0.00476. The van der Waals surface area contributed by atoms with Crippen molar-refractivity contribution < 1.29 is 9.59 Å². The van der Waals surface area contributed by atoms with Gasteiger partial charge in [0.25, 0.3) is 0 Å². The second-order valence-electron chi connectivity index (χ2n) is 6.18. The molecule has 1 aromatic carbocycles. The lowest BCUT2D eigenvalue weighted by atomic mass is 10.2. The molecule has 2 amide bonds. The zero-order valence-electron chi connectivity index (χ0n) is 14.5. The lowest BCUT2D eigenvalue weighted by Gasteiger charge is -2.19. The van der Waals surface area contributed by atoms with Gasteiger partial charge in [-0.1, -0.05) is 12.8 Å². The third-order valence-corrected chi connectivity index (χ3v) is 5.15. The van der Waals surface area contributed by atoms with Crippen LogP contribution in [0.4, 0.5) is 11.4 Å². The second kappa shape index (κ2) is 9.69. The van der Waals surface area contributed by atoms with Crippen LogP contribution in [0.3, 0.4) is 0 Å². The fraction of sp³-hybridized carbons (Fsp3) is 0.556. The fourth-order valence-corrected chi connectivity index (χ4v) is 2.96. The summed E-state index contributed by atoms with van der Waals surface area (Å²) < 4.78 is 0. The summed E-state index contributed by atoms with van der Waals surface area (Å²) in [6.45, 7) is 4.33. The predicted molar refractivity (Wildman–Crippen MR) is 102 cm³/mol. The van der Waals surface area contributed by atoms with Gasteiger partial charge in [0, 0.05) is 11.4 Å². The highest BCUT2D eigenvalue weighted by Crippen LogP contribution is 2.16. The minimum Gasteiger partial charge on any atom is -0.325 e. The minimum absolute atomic E-state index is 0.0135. The molecule has 2 rings (SSSR count). The number of likely N-dealkylation sites (tertiary alicyclic amines) is 1. The van der Waals surface area contributed by atoms with E-state index in [-0.39, 0.29) is 17.1 Å². The number of benzene rings is 1. The molecular weight excluding hydrogens is 322 g/mol. The van der Waals surface area contributed by atoms with E-state index >= 15 is 0 Å². The average molecular weight is 350 g/mol. The summed E-state index contributed by atoms with van der Waals surface area (Å²) in [5, 5.41) is 5.71. The number of anilines is 2. The summed E-state index contributed by atoms with van der Waals surface area (Å²) in [7, 11) is 0. The van der Waals surface area contributed by atoms with Crippen molar-refractivity contribution in [2.75, 3.05) is 36.5 Å². The van der Waals surface area contributed by atoms with Crippen molar-refractivity contribution in [1.82, 2.24) is 4.90 Å². The van der Waals surface area contributed by atoms with E-state index < -0.39 is 0 Å². The molecule has 0 spiro atoms. The highest BCUT2D eigenvalue weighted by molar-refractivity contribution is 7.99. The summed E-state index contributed by atoms with van der Waals surface area (Å²) in [5.41, 5.74) is 1.50. The molecule has 1 aliphatic heterocycles. The van der Waals surface area contributed by atoms with Gasteiger partial charge < -0.3 is 10.6 Å². The molecule has 0 radical (unpaired) electrons. The maximum atomic E-state index is 12.2. The van der Waals surface area contributed by atoms with Crippen LogP contribution < -0.4 is 10.6 Å². The summed E-state index contributed by atoms with van der Waals surface area (Å²) in [6, 6.07) is 7.26. The molecule has 0 aromatic heterocycles. The Balaban J connectivity index is 1.82. The molecule has 6 heteroatoms. The zero-order chi connectivity index (χ0) is 17.4. The van der Waals surface area contributed by atoms with Gasteiger partial charge in [-0.25, -0.2) is 0 Å². The highest BCUT2D eigenvalue weighted by atomic mass is 32.2. The standard InChI is InChI=1S/C18H27N3O2S/c1-14(24-2)18(23)20-16-9-7-15(8-10-16)19-17(22)13-21-11-5-3-4-6-12-21/h7-10,14H,3-6,11-13H2,1-2H3,(H,19,22)(H,20,23)/t14-/m1/s1. The second-order valence-corrected chi connectivity index (χ2v) is 7.36. The lowest BCUT2D eigenvalue weighted by Crippen LogP contribution is -2.33. The number of nitrogens with zero attached hydrogens (tertiary/aromatic N) is 1. The number of hydrogen-bond acceptors (Lipinski definition) is 4. The van der Waals surface area contributed by atoms with Crippen molar-refractivity contribution in [3.63, 3.8) is 0 Å². The van der Waals surface area contributed by atoms with Crippen LogP contribution in [-0.2, 0) is 9.59 Å². The molecule has 0 bridgehead atoms. The normalized spacial score (nSPS) is 16.9. The molecular formula is C18H27N3O2S. The Labute approximate surface area is 148 Å². The van der Waals surface area contributed by atoms with Gasteiger partial charge in [0.05, 0.1) is 11.8 Å². The largest absolute Gasteiger partial charge is 0.325 e. The Kier molecular flexibility index (Phi) is 7.59. The molecule has 1 heterocycles. The third kappa shape index (κ3) is 6.17. The molecule has 1 fully saturated rings. The predicted octanol–water partition coefficient (Wildman–Crippen LogP) is 3.19. The van der Waals surface area contributed by atoms with Gasteiger partial charge in [-0.15, -0.1) is 0 Å². The van der Waals surface area contributed by atoms with Crippen molar-refractivity contribution in [3.8, 4) is 0 Å². The van der Waals surface area contributed by atoms with E-state index in [1.807, 2.05) is 37.4 Å². The maximum Gasteiger partial charge on any atom is 0.238 e. The molecule has 5 nitrogen and oxygen atoms in total. The van der Waals surface area contributed by atoms with E-state index in [1.165, 1.54) is 37.4 Å². The molecule has 1 aliphatic rings. The molecule has 0 aliphatic carbocycles. The van der Waals surface area contributed by atoms with Crippen molar-refractivity contribution >= 4 is 35.0 Å². The Morgan fingerprint density at radius 2 is 1.58 bits per heavy atom. The van der Waals surface area contributed by atoms with Crippen LogP contribution in [0.25, 0.3) is 0 Å². The van der Waals surface area contributed by atoms with Crippen molar-refractivity contribution in [3.05, 3.63) is 24.3 Å². The smallest absolute Gasteiger partial charge is 0.238 e. The molecule has 0 unspecified atom stereocenters. The van der Waals surface area contributed by atoms with Gasteiger partial charge in [0.1, 0.15) is 0 Å². The van der Waals surface area contributed by atoms with Gasteiger partial charge in [0.2, 0.25) is 11.8 Å². The SMILES string of the molecule is CS[C@H](C)C(=O)Nc1ccc(NC(=O)CN2CCCCCC2)cc1. The Morgan fingerprint density at radius 1 is 1.04 bits per heavy atom. The minimum atomic E-state index is -0.0852. The number of thioether (sulfide) groups is 1. The van der Waals surface area contributed by atoms with E-state index in [0.29, 0.717) is 6.54 Å². The van der Waals surface area contributed by atoms with Crippen LogP contribution >= 0.6 is 11.8 Å². The molecule has 2 N–H and O–H groups in total. The quantitative estimate of drug-likeness (QED) is 0.828. The fourth-order valence-electron chi connectivity index (χ4n) is 2.69. The van der Waals surface area contributed by atoms with Gasteiger partial charge >= 0.3 is 0 Å². The number of rotatable bonds is 6. The van der Waals surface area contributed by atoms with Gasteiger partial charge in [-0.05, 0) is 63.4 Å². The van der Waals surface area contributed by atoms with Crippen LogP contribution in [-0.4, -0.2) is 47.9 Å². The maximum absolute atomic E-state index is 12.2. The summed E-state index contributed by atoms with van der Waals surface area (Å²) in [4.78, 5) is 26.2. The highest BCUT2D eigenvalue weighted by Gasteiger charge is 2.13. The molecule has 132 valence electrons. The topological polar surface area (TPSA) is 61.4 Å². The number of nitrogens with one attached hydrogen (secondary N) is 2. The number of carbonyl (C=O) groups excluding carboxylic acids is 2. The number of hydrogen-bond donors (Lipinski definition) is 2. The Hall–Kier alpha value is -1.53. The first-order chi connectivity index (χ1) is 11.6. The number of carbonyl (C=O) groups is 2. The first-order valence-corrected chi connectivity index (χ1v) is 9.83. The molecule has 0 saturated carbocycles. The third-order valence-electron chi connectivity index (χ3n) is 4.22. The van der Waals surface area contributed by atoms with Crippen LogP contribution in [0.1, 0.15) is 32.6 Å². The molecule has 24 heavy (non-hydrogen) atoms. The van der Waals surface area contributed by atoms with Gasteiger partial charge in [0.15, 0.2) is 0 Å². The van der Waals surface area contributed by atoms with Crippen LogP contribution in [0.15, 0.2) is 24.3 Å². The van der Waals surface area contributed by atoms with E-state index in [9.17, 15) is 9.59 Å². The zero-order valence-corrected chi connectivity index (χ0v) is 15.3. The van der Waals surface area contributed by atoms with Crippen molar-refractivity contribution in [1.29, 1.82) is 0 Å². The Bertz CT molecular complexity index is 540. The van der Waals surface area contributed by atoms with E-state index in [0.717, 1.165) is 24.5 Å². The van der Waals surface area contributed by atoms with Crippen molar-refractivity contribution in [2.24, 2.45) is 0 Å². The van der Waals surface area contributed by atoms with Gasteiger partial charge in [-0.3, -0.25) is 14.5 Å². The Morgan fingerprint density at radius 3 is 2.12 bits per heavy atom. The van der Waals surface area contributed by atoms with Gasteiger partial charge in [-0.2, -0.15) is 11.8 Å². The first kappa shape index (κ1) is 18.8. The average Bonchev–Trinajstić information content (AvgIpc) is 2.84. The molecule has 1 atom stereocenters. The van der Waals surface area contributed by atoms with Crippen LogP contribution in [0.5, 0.6) is 0 Å². The monoisotopic (exact) mass is 349 g/mol. The molecule has 1 saturated heterocycles. The number of amides is 2. The van der Waals surface area contributed by atoms with E-state index in [4.69, 9.17) is 0 Å². The lowest BCUT2D eigenvalue weighted by molar-refractivity contribution is -0.117.